The van der Waals surface area contributed by atoms with E-state index >= 15 is 0 Å². The molecule has 0 aliphatic rings. The Morgan fingerprint density at radius 2 is 1.42 bits per heavy atom. The molecule has 0 aliphatic heterocycles. The largest absolute Gasteiger partial charge is 0.479 e. The molecule has 6 heteroatoms. The van der Waals surface area contributed by atoms with Crippen LogP contribution in [0.4, 0.5) is 0 Å². The Hall–Kier alpha value is -0.980. The molecule has 0 fully saturated rings. The number of carbonyl (C=O) groups is 2. The van der Waals surface area contributed by atoms with Crippen LogP contribution in [0.5, 0.6) is 0 Å². The van der Waals surface area contributed by atoms with E-state index in [0.717, 1.165) is 25.7 Å². The number of carboxylic acid groups (broad SMARTS) is 1. The van der Waals surface area contributed by atoms with Crippen LogP contribution in [-0.4, -0.2) is 41.6 Å². The molecule has 0 radical (unpaired) electrons. The summed E-state index contributed by atoms with van der Waals surface area (Å²) in [4.78, 5) is 23.8. The molecule has 0 spiro atoms. The second-order valence-corrected chi connectivity index (χ2v) is 5.98. The summed E-state index contributed by atoms with van der Waals surface area (Å²) in [7, 11) is 0. The Morgan fingerprint density at radius 1 is 0.917 bits per heavy atom. The number of rotatable bonds is 15. The summed E-state index contributed by atoms with van der Waals surface area (Å²) in [6, 6.07) is 0. The number of hydrogen-bond acceptors (Lipinski definition) is 5. The Kier molecular flexibility index (Phi) is 11.1. The molecular weight excluding hydrogens is 312 g/mol. The quantitative estimate of drug-likeness (QED) is 0.275. The first-order valence-corrected chi connectivity index (χ1v) is 9.06. The third-order valence-corrected chi connectivity index (χ3v) is 3.94. The highest BCUT2D eigenvalue weighted by atomic mass is 16.9. The first-order valence-electron chi connectivity index (χ1n) is 9.06. The SMILES string of the molecule is CCCCOC(CCC)(OCCCC)OC(CC)(C(C)=O)C(=O)O. The van der Waals surface area contributed by atoms with Gasteiger partial charge in [0.15, 0.2) is 5.78 Å². The van der Waals surface area contributed by atoms with Crippen molar-refractivity contribution in [1.29, 1.82) is 0 Å². The molecule has 1 atom stereocenters. The fraction of sp³-hybridized carbons (Fsp3) is 0.889. The van der Waals surface area contributed by atoms with Crippen LogP contribution in [0.2, 0.25) is 0 Å². The molecule has 24 heavy (non-hydrogen) atoms. The smallest absolute Gasteiger partial charge is 0.344 e. The first-order chi connectivity index (χ1) is 11.3. The molecule has 0 saturated heterocycles. The second kappa shape index (κ2) is 11.6. The number of aliphatic carboxylic acids is 1. The van der Waals surface area contributed by atoms with E-state index in [9.17, 15) is 14.7 Å². The standard InChI is InChI=1S/C18H34O6/c1-6-10-13-22-18(12-8-3,23-14-11-7-2)24-17(9-4,15(5)19)16(20)21/h6-14H2,1-5H3,(H,20,21). The van der Waals surface area contributed by atoms with Gasteiger partial charge >= 0.3 is 5.97 Å². The van der Waals surface area contributed by atoms with Gasteiger partial charge in [-0.05, 0) is 32.6 Å². The molecule has 1 unspecified atom stereocenters. The van der Waals surface area contributed by atoms with Crippen molar-refractivity contribution < 1.29 is 28.9 Å². The second-order valence-electron chi connectivity index (χ2n) is 5.98. The summed E-state index contributed by atoms with van der Waals surface area (Å²) in [6.45, 7) is 9.63. The van der Waals surface area contributed by atoms with E-state index in [1.54, 1.807) is 6.92 Å². The van der Waals surface area contributed by atoms with Crippen molar-refractivity contribution in [3.8, 4) is 0 Å². The lowest BCUT2D eigenvalue weighted by Crippen LogP contribution is -2.56. The van der Waals surface area contributed by atoms with Crippen LogP contribution in [0.25, 0.3) is 0 Å². The fourth-order valence-electron chi connectivity index (χ4n) is 2.35. The molecule has 0 aromatic rings. The molecule has 0 heterocycles. The topological polar surface area (TPSA) is 82.1 Å². The van der Waals surface area contributed by atoms with Crippen LogP contribution in [0.1, 0.15) is 79.6 Å². The van der Waals surface area contributed by atoms with Gasteiger partial charge in [-0.15, -0.1) is 0 Å². The molecule has 0 saturated carbocycles. The van der Waals surface area contributed by atoms with Gasteiger partial charge < -0.3 is 19.3 Å². The number of carboxylic acids is 1. The molecule has 0 aromatic carbocycles. The summed E-state index contributed by atoms with van der Waals surface area (Å²) in [6.07, 6.45) is 4.52. The summed E-state index contributed by atoms with van der Waals surface area (Å²) < 4.78 is 17.5. The van der Waals surface area contributed by atoms with Crippen molar-refractivity contribution in [3.05, 3.63) is 0 Å². The Morgan fingerprint density at radius 3 is 1.71 bits per heavy atom. The molecule has 142 valence electrons. The fourth-order valence-corrected chi connectivity index (χ4v) is 2.35. The predicted octanol–water partition coefficient (Wildman–Crippen LogP) is 3.91. The number of Topliss-reactive ketones (excluding diaryl/α,β-unsaturated/α-hetero) is 1. The summed E-state index contributed by atoms with van der Waals surface area (Å²) in [5.74, 6) is -3.37. The van der Waals surface area contributed by atoms with Crippen LogP contribution in [0.3, 0.4) is 0 Å². The van der Waals surface area contributed by atoms with Crippen molar-refractivity contribution in [1.82, 2.24) is 0 Å². The average molecular weight is 346 g/mol. The van der Waals surface area contributed by atoms with Gasteiger partial charge in [0, 0.05) is 6.42 Å². The molecule has 0 rings (SSSR count). The minimum Gasteiger partial charge on any atom is -0.479 e. The average Bonchev–Trinajstić information content (AvgIpc) is 2.53. The van der Waals surface area contributed by atoms with Crippen LogP contribution < -0.4 is 0 Å². The first kappa shape index (κ1) is 23.0. The maximum Gasteiger partial charge on any atom is 0.344 e. The number of ketones is 1. The highest BCUT2D eigenvalue weighted by Gasteiger charge is 2.51. The van der Waals surface area contributed by atoms with E-state index < -0.39 is 23.3 Å². The number of hydrogen-bond donors (Lipinski definition) is 1. The Balaban J connectivity index is 5.57. The van der Waals surface area contributed by atoms with E-state index in [4.69, 9.17) is 14.2 Å². The lowest BCUT2D eigenvalue weighted by Gasteiger charge is -2.39. The maximum atomic E-state index is 12.1. The van der Waals surface area contributed by atoms with Crippen LogP contribution in [0, 0.1) is 0 Å². The molecule has 0 aromatic heterocycles. The Labute approximate surface area is 145 Å². The summed E-state index contributed by atoms with van der Waals surface area (Å²) in [5, 5.41) is 9.61. The van der Waals surface area contributed by atoms with E-state index in [1.807, 2.05) is 20.8 Å². The zero-order valence-electron chi connectivity index (χ0n) is 15.9. The summed E-state index contributed by atoms with van der Waals surface area (Å²) >= 11 is 0. The van der Waals surface area contributed by atoms with Gasteiger partial charge in [-0.25, -0.2) is 4.79 Å². The summed E-state index contributed by atoms with van der Waals surface area (Å²) in [5.41, 5.74) is -1.95. The van der Waals surface area contributed by atoms with Crippen molar-refractivity contribution in [2.45, 2.75) is 91.1 Å². The highest BCUT2D eigenvalue weighted by molar-refractivity contribution is 6.05. The minimum atomic E-state index is -1.95. The monoisotopic (exact) mass is 346 g/mol. The van der Waals surface area contributed by atoms with Crippen LogP contribution in [0.15, 0.2) is 0 Å². The van der Waals surface area contributed by atoms with Gasteiger partial charge in [-0.1, -0.05) is 40.5 Å². The van der Waals surface area contributed by atoms with Gasteiger partial charge in [0.2, 0.25) is 5.60 Å². The Bertz CT molecular complexity index is 356. The molecular formula is C18H34O6. The minimum absolute atomic E-state index is 0.0113. The van der Waals surface area contributed by atoms with Gasteiger partial charge in [-0.3, -0.25) is 4.79 Å². The number of carbonyl (C=O) groups excluding carboxylic acids is 1. The molecule has 6 nitrogen and oxygen atoms in total. The van der Waals surface area contributed by atoms with Crippen molar-refractivity contribution in [3.63, 3.8) is 0 Å². The van der Waals surface area contributed by atoms with Gasteiger partial charge in [0.25, 0.3) is 5.97 Å². The van der Waals surface area contributed by atoms with Gasteiger partial charge in [0.05, 0.1) is 13.2 Å². The van der Waals surface area contributed by atoms with E-state index in [-0.39, 0.29) is 6.42 Å². The van der Waals surface area contributed by atoms with E-state index in [2.05, 4.69) is 0 Å². The normalized spacial score (nSPS) is 14.4. The molecule has 1 N–H and O–H groups in total. The maximum absolute atomic E-state index is 12.1. The zero-order valence-corrected chi connectivity index (χ0v) is 15.9. The van der Waals surface area contributed by atoms with Gasteiger partial charge in [-0.2, -0.15) is 0 Å². The highest BCUT2D eigenvalue weighted by Crippen LogP contribution is 2.32. The van der Waals surface area contributed by atoms with Crippen molar-refractivity contribution in [2.75, 3.05) is 13.2 Å². The third kappa shape index (κ3) is 6.49. The van der Waals surface area contributed by atoms with E-state index in [1.165, 1.54) is 6.92 Å². The zero-order chi connectivity index (χ0) is 18.6. The molecule has 0 aliphatic carbocycles. The van der Waals surface area contributed by atoms with Crippen molar-refractivity contribution in [2.24, 2.45) is 0 Å². The molecule has 0 bridgehead atoms. The predicted molar refractivity (Wildman–Crippen MR) is 91.8 cm³/mol. The van der Waals surface area contributed by atoms with Crippen LogP contribution >= 0.6 is 0 Å². The number of unbranched alkanes of at least 4 members (excludes halogenated alkanes) is 2. The lowest BCUT2D eigenvalue weighted by molar-refractivity contribution is -0.404. The third-order valence-electron chi connectivity index (χ3n) is 3.94. The van der Waals surface area contributed by atoms with Gasteiger partial charge in [0.1, 0.15) is 0 Å². The van der Waals surface area contributed by atoms with Crippen LogP contribution in [-0.2, 0) is 23.8 Å². The van der Waals surface area contributed by atoms with Crippen molar-refractivity contribution >= 4 is 11.8 Å². The number of ether oxygens (including phenoxy) is 3. The lowest BCUT2D eigenvalue weighted by atomic mass is 9.95. The van der Waals surface area contributed by atoms with E-state index in [0.29, 0.717) is 26.1 Å². The molecule has 0 amide bonds.